The third-order valence-electron chi connectivity index (χ3n) is 9.84. The number of fused-ring (bicyclic) bond motifs is 7. The Hall–Kier alpha value is -7.63. The summed E-state index contributed by atoms with van der Waals surface area (Å²) >= 11 is 0. The molecule has 11 rings (SSSR count). The molecule has 5 nitrogen and oxygen atoms in total. The Morgan fingerprint density at radius 2 is 0.857 bits per heavy atom. The van der Waals surface area contributed by atoms with Gasteiger partial charge in [-0.1, -0.05) is 176 Å². The molecule has 3 aromatic heterocycles. The van der Waals surface area contributed by atoms with Crippen LogP contribution in [0.25, 0.3) is 100 Å². The van der Waals surface area contributed by atoms with Crippen molar-refractivity contribution < 1.29 is 20.6 Å². The smallest absolute Gasteiger partial charge is 0.238 e. The Labute approximate surface area is 344 Å². The van der Waals surface area contributed by atoms with Crippen molar-refractivity contribution in [3.63, 3.8) is 0 Å². The van der Waals surface area contributed by atoms with Crippen molar-refractivity contribution in [1.29, 1.82) is 0 Å². The highest BCUT2D eigenvalue weighted by Crippen LogP contribution is 2.42. The van der Waals surface area contributed by atoms with E-state index in [0.717, 1.165) is 27.1 Å². The van der Waals surface area contributed by atoms with E-state index in [1.165, 1.54) is 0 Å². The quantitative estimate of drug-likeness (QED) is 0.171. The lowest BCUT2D eigenvalue weighted by atomic mass is 10.0. The lowest BCUT2D eigenvalue weighted by Gasteiger charge is -2.14. The molecule has 0 amide bonds. The summed E-state index contributed by atoms with van der Waals surface area (Å²) in [7, 11) is 0. The van der Waals surface area contributed by atoms with Gasteiger partial charge in [-0.05, 0) is 46.5 Å². The molecule has 0 radical (unpaired) electrons. The van der Waals surface area contributed by atoms with Gasteiger partial charge in [-0.25, -0.2) is 4.98 Å². The molecule has 0 saturated carbocycles. The molecular formula is C51H33N5. The zero-order valence-corrected chi connectivity index (χ0v) is 29.1. The first kappa shape index (κ1) is 20.2. The lowest BCUT2D eigenvalue weighted by Crippen LogP contribution is -2.07. The predicted octanol–water partition coefficient (Wildman–Crippen LogP) is 12.7. The van der Waals surface area contributed by atoms with Crippen LogP contribution in [0.4, 0.5) is 0 Å². The number of rotatable bonds is 6. The first-order valence-corrected chi connectivity index (χ1v) is 17.6. The number of nitrogens with zero attached hydrogens (tertiary/aromatic N) is 5. The third-order valence-corrected chi connectivity index (χ3v) is 9.84. The highest BCUT2D eigenvalue weighted by Gasteiger charge is 2.23. The van der Waals surface area contributed by atoms with E-state index >= 15 is 0 Å². The summed E-state index contributed by atoms with van der Waals surface area (Å²) in [5.74, 6) is -0.203. The van der Waals surface area contributed by atoms with Crippen LogP contribution in [0.5, 0.6) is 0 Å². The van der Waals surface area contributed by atoms with Crippen LogP contribution in [-0.2, 0) is 0 Å². The van der Waals surface area contributed by atoms with Crippen LogP contribution in [0.15, 0.2) is 200 Å². The molecule has 8 aromatic carbocycles. The molecule has 0 spiro atoms. The van der Waals surface area contributed by atoms with Gasteiger partial charge >= 0.3 is 0 Å². The third kappa shape index (κ3) is 5.21. The molecule has 0 saturated heterocycles. The van der Waals surface area contributed by atoms with Gasteiger partial charge < -0.3 is 4.57 Å². The van der Waals surface area contributed by atoms with Crippen molar-refractivity contribution in [1.82, 2.24) is 24.1 Å². The minimum Gasteiger partial charge on any atom is -0.307 e. The second-order valence-corrected chi connectivity index (χ2v) is 13.0. The molecule has 262 valence electrons. The minimum atomic E-state index is -0.602. The molecule has 5 heteroatoms. The normalized spacial score (nSPS) is 15.3. The van der Waals surface area contributed by atoms with Crippen LogP contribution in [0, 0.1) is 0 Å². The molecule has 0 aliphatic carbocycles. The zero-order chi connectivity index (χ0) is 50.1. The van der Waals surface area contributed by atoms with Crippen LogP contribution in [0.3, 0.4) is 0 Å². The first-order valence-electron chi connectivity index (χ1n) is 25.1. The highest BCUT2D eigenvalue weighted by molar-refractivity contribution is 6.23. The van der Waals surface area contributed by atoms with Crippen molar-refractivity contribution in [3.05, 3.63) is 200 Å². The van der Waals surface area contributed by atoms with E-state index in [9.17, 15) is 0 Å². The largest absolute Gasteiger partial charge is 0.307 e. The topological polar surface area (TPSA) is 48.5 Å². The average Bonchev–Trinajstić information content (AvgIpc) is 3.91. The monoisotopic (exact) mass is 730 g/mol. The van der Waals surface area contributed by atoms with E-state index in [1.807, 2.05) is 75.9 Å². The van der Waals surface area contributed by atoms with Crippen molar-refractivity contribution in [3.8, 4) is 56.7 Å². The van der Waals surface area contributed by atoms with Gasteiger partial charge in [0, 0.05) is 38.4 Å². The van der Waals surface area contributed by atoms with E-state index in [0.29, 0.717) is 38.9 Å². The van der Waals surface area contributed by atoms with Crippen LogP contribution < -0.4 is 0 Å². The maximum atomic E-state index is 8.99. The van der Waals surface area contributed by atoms with E-state index < -0.39 is 66.5 Å². The van der Waals surface area contributed by atoms with Gasteiger partial charge in [0.1, 0.15) is 0 Å². The summed E-state index contributed by atoms with van der Waals surface area (Å²) in [6.45, 7) is 0. The molecular weight excluding hydrogens is 683 g/mol. The van der Waals surface area contributed by atoms with Crippen molar-refractivity contribution in [2.45, 2.75) is 0 Å². The second-order valence-electron chi connectivity index (χ2n) is 13.0. The SMILES string of the molecule is [2H]c1c([2H])c([2H])c(-c2ccc(-c3nc(-c4c([2H])c([2H])c([2H])c([2H])c4[2H])nc(-n4c5ccccc5c5ccc6c7ccccc7n(-c7cccc(-c8c([2H])c([2H])c([2H])c([2H])c8[2H])c7)c6c54)n3)cc2)c([2H])c1[2H]. The van der Waals surface area contributed by atoms with E-state index in [-0.39, 0.29) is 58.5 Å². The van der Waals surface area contributed by atoms with Crippen LogP contribution in [0.2, 0.25) is 0 Å². The summed E-state index contributed by atoms with van der Waals surface area (Å²) in [5, 5.41) is 3.25. The van der Waals surface area contributed by atoms with E-state index in [1.54, 1.807) is 42.5 Å². The summed E-state index contributed by atoms with van der Waals surface area (Å²) in [4.78, 5) is 14.8. The summed E-state index contributed by atoms with van der Waals surface area (Å²) < 4.78 is 132. The lowest BCUT2D eigenvalue weighted by molar-refractivity contribution is 0.953. The van der Waals surface area contributed by atoms with Crippen molar-refractivity contribution in [2.24, 2.45) is 0 Å². The molecule has 0 bridgehead atoms. The van der Waals surface area contributed by atoms with E-state index in [2.05, 4.69) is 0 Å². The Balaban J connectivity index is 1.23. The van der Waals surface area contributed by atoms with Crippen LogP contribution in [0.1, 0.15) is 20.6 Å². The van der Waals surface area contributed by atoms with Gasteiger partial charge in [0.15, 0.2) is 11.6 Å². The molecule has 0 N–H and O–H groups in total. The molecule has 0 unspecified atom stereocenters. The Kier molecular flexibility index (Phi) is 4.70. The Morgan fingerprint density at radius 1 is 0.357 bits per heavy atom. The van der Waals surface area contributed by atoms with Gasteiger partial charge in [0.25, 0.3) is 0 Å². The van der Waals surface area contributed by atoms with Gasteiger partial charge in [-0.15, -0.1) is 0 Å². The van der Waals surface area contributed by atoms with Crippen LogP contribution in [-0.4, -0.2) is 24.1 Å². The molecule has 0 aliphatic rings. The maximum Gasteiger partial charge on any atom is 0.238 e. The van der Waals surface area contributed by atoms with Gasteiger partial charge in [0.2, 0.25) is 5.95 Å². The summed E-state index contributed by atoms with van der Waals surface area (Å²) in [5.41, 5.74) is 4.12. The van der Waals surface area contributed by atoms with Crippen molar-refractivity contribution >= 4 is 43.6 Å². The predicted molar refractivity (Wildman–Crippen MR) is 230 cm³/mol. The maximum absolute atomic E-state index is 8.99. The molecule has 11 aromatic rings. The number of aromatic nitrogens is 5. The van der Waals surface area contributed by atoms with E-state index in [4.69, 9.17) is 35.5 Å². The van der Waals surface area contributed by atoms with Gasteiger partial charge in [-0.2, -0.15) is 9.97 Å². The highest BCUT2D eigenvalue weighted by atomic mass is 15.2. The number of hydrogen-bond donors (Lipinski definition) is 0. The standard InChI is InChI=1S/C51H33N5/c1-4-15-34(16-5-1)36-27-29-38(30-28-36)50-52-49(37-19-8-3-9-20-37)53-51(54-50)56-46-26-13-11-24-42(46)44-32-31-43-41-23-10-12-25-45(41)55(47(43)48(44)56)40-22-14-21-39(33-40)35-17-6-2-7-18-35/h1-33H/i1D,2D,3D,4D,5D,6D,7D,8D,9D,15D,16D,17D,18D,19D,20D. The molecule has 3 heterocycles. The molecule has 0 aliphatic heterocycles. The second kappa shape index (κ2) is 13.0. The Morgan fingerprint density at radius 3 is 1.48 bits per heavy atom. The molecule has 56 heavy (non-hydrogen) atoms. The van der Waals surface area contributed by atoms with Gasteiger partial charge in [-0.3, -0.25) is 4.57 Å². The molecule has 0 fully saturated rings. The number of hydrogen-bond acceptors (Lipinski definition) is 3. The van der Waals surface area contributed by atoms with Crippen molar-refractivity contribution in [2.75, 3.05) is 0 Å². The van der Waals surface area contributed by atoms with Gasteiger partial charge in [0.05, 0.1) is 42.6 Å². The zero-order valence-electron chi connectivity index (χ0n) is 44.1. The Bertz CT molecular complexity index is 4040. The number of benzene rings is 8. The fourth-order valence-electron chi connectivity index (χ4n) is 7.42. The number of para-hydroxylation sites is 2. The molecule has 0 atom stereocenters. The minimum absolute atomic E-state index is 0.00916. The first-order chi connectivity index (χ1) is 34.0. The van der Waals surface area contributed by atoms with Crippen LogP contribution >= 0.6 is 0 Å². The fourth-order valence-corrected chi connectivity index (χ4v) is 7.42. The summed E-state index contributed by atoms with van der Waals surface area (Å²) in [6.07, 6.45) is 0. The summed E-state index contributed by atoms with van der Waals surface area (Å²) in [6, 6.07) is 25.5. The average molecular weight is 731 g/mol. The fraction of sp³-hybridized carbons (Fsp3) is 0.